The van der Waals surface area contributed by atoms with E-state index in [2.05, 4.69) is 4.74 Å². The highest BCUT2D eigenvalue weighted by Gasteiger charge is 2.33. The number of carbonyl (C=O) groups is 1. The van der Waals surface area contributed by atoms with Crippen LogP contribution >= 0.6 is 0 Å². The molecule has 9 heteroatoms. The molecule has 7 nitrogen and oxygen atoms in total. The Labute approximate surface area is 105 Å². The number of carbonyl (C=O) groups excluding carboxylic acids is 1. The molecule has 0 bridgehead atoms. The summed E-state index contributed by atoms with van der Waals surface area (Å²) in [5.41, 5.74) is -1.70. The smallest absolute Gasteiger partial charge is 0.337 e. The Balaban J connectivity index is 3.29. The highest BCUT2D eigenvalue weighted by molar-refractivity contribution is 5.75. The lowest BCUT2D eigenvalue weighted by Crippen LogP contribution is -2.29. The molecule has 0 fully saturated rings. The first-order chi connectivity index (χ1) is 8.79. The van der Waals surface area contributed by atoms with Crippen LogP contribution in [0.2, 0.25) is 0 Å². The molecule has 1 rings (SSSR count). The number of nitro benzene ring substituents is 1. The van der Waals surface area contributed by atoms with Gasteiger partial charge in [0.05, 0.1) is 23.7 Å². The van der Waals surface area contributed by atoms with Gasteiger partial charge in [0.15, 0.2) is 17.7 Å². The van der Waals surface area contributed by atoms with Crippen LogP contribution in [0.25, 0.3) is 0 Å². The van der Waals surface area contributed by atoms with Crippen LogP contribution in [0, 0.1) is 21.7 Å². The van der Waals surface area contributed by atoms with Gasteiger partial charge in [-0.25, -0.2) is 13.6 Å². The molecule has 0 aliphatic rings. The van der Waals surface area contributed by atoms with Crippen molar-refractivity contribution in [2.75, 3.05) is 7.11 Å². The van der Waals surface area contributed by atoms with Crippen LogP contribution in [-0.4, -0.2) is 34.3 Å². The Hall–Kier alpha value is -2.13. The van der Waals surface area contributed by atoms with Gasteiger partial charge >= 0.3 is 5.97 Å². The summed E-state index contributed by atoms with van der Waals surface area (Å²) in [6, 6.07) is 0.585. The second kappa shape index (κ2) is 5.67. The molecular weight excluding hydrogens is 268 g/mol. The standard InChI is InChI=1S/C10H9F2NO6/c1-19-10(16)9(15)8(14)4-2-5(11)6(12)3-7(4)13(17)18/h2-3,8-9,14-15H,1H3. The summed E-state index contributed by atoms with van der Waals surface area (Å²) in [5, 5.41) is 29.6. The van der Waals surface area contributed by atoms with Gasteiger partial charge in [-0.05, 0) is 6.07 Å². The number of rotatable bonds is 4. The van der Waals surface area contributed by atoms with E-state index in [1.54, 1.807) is 0 Å². The highest BCUT2D eigenvalue weighted by atomic mass is 19.2. The normalized spacial score (nSPS) is 13.7. The van der Waals surface area contributed by atoms with Crippen LogP contribution in [0.3, 0.4) is 0 Å². The number of nitrogens with zero attached hydrogens (tertiary/aromatic N) is 1. The van der Waals surface area contributed by atoms with E-state index in [-0.39, 0.29) is 6.07 Å². The largest absolute Gasteiger partial charge is 0.467 e. The molecule has 0 heterocycles. The van der Waals surface area contributed by atoms with Crippen molar-refractivity contribution in [3.05, 3.63) is 39.4 Å². The molecule has 2 atom stereocenters. The fraction of sp³-hybridized carbons (Fsp3) is 0.300. The second-order valence-corrected chi connectivity index (χ2v) is 3.50. The minimum atomic E-state index is -2.16. The summed E-state index contributed by atoms with van der Waals surface area (Å²) in [6.45, 7) is 0. The summed E-state index contributed by atoms with van der Waals surface area (Å²) >= 11 is 0. The number of benzene rings is 1. The molecule has 0 saturated carbocycles. The Morgan fingerprint density at radius 3 is 2.37 bits per heavy atom. The number of ether oxygens (including phenoxy) is 1. The van der Waals surface area contributed by atoms with Crippen LogP contribution in [0.15, 0.2) is 12.1 Å². The number of nitro groups is 1. The van der Waals surface area contributed by atoms with E-state index in [1.807, 2.05) is 0 Å². The molecule has 1 aromatic rings. The molecule has 0 aliphatic heterocycles. The summed E-state index contributed by atoms with van der Waals surface area (Å²) in [7, 11) is 0.915. The molecule has 2 unspecified atom stereocenters. The van der Waals surface area contributed by atoms with Crippen LogP contribution in [0.5, 0.6) is 0 Å². The summed E-state index contributed by atoms with van der Waals surface area (Å²) < 4.78 is 30.0. The van der Waals surface area contributed by atoms with E-state index in [0.29, 0.717) is 6.07 Å². The molecule has 0 spiro atoms. The van der Waals surface area contributed by atoms with Crippen LogP contribution in [0.4, 0.5) is 14.5 Å². The molecule has 0 aliphatic carbocycles. The lowest BCUT2D eigenvalue weighted by Gasteiger charge is -2.16. The van der Waals surface area contributed by atoms with Gasteiger partial charge in [-0.2, -0.15) is 0 Å². The minimum Gasteiger partial charge on any atom is -0.467 e. The number of esters is 1. The topological polar surface area (TPSA) is 110 Å². The van der Waals surface area contributed by atoms with E-state index in [0.717, 1.165) is 7.11 Å². The van der Waals surface area contributed by atoms with Gasteiger partial charge in [-0.3, -0.25) is 10.1 Å². The Morgan fingerprint density at radius 1 is 1.37 bits per heavy atom. The van der Waals surface area contributed by atoms with Gasteiger partial charge in [0.25, 0.3) is 5.69 Å². The molecule has 104 valence electrons. The van der Waals surface area contributed by atoms with E-state index < -0.39 is 46.0 Å². The first kappa shape index (κ1) is 14.9. The quantitative estimate of drug-likeness (QED) is 0.469. The minimum absolute atomic E-state index is 0.248. The number of methoxy groups -OCH3 is 1. The van der Waals surface area contributed by atoms with Gasteiger partial charge in [0, 0.05) is 0 Å². The van der Waals surface area contributed by atoms with Crippen molar-refractivity contribution in [1.82, 2.24) is 0 Å². The molecule has 19 heavy (non-hydrogen) atoms. The van der Waals surface area contributed by atoms with Crippen LogP contribution in [-0.2, 0) is 9.53 Å². The zero-order valence-corrected chi connectivity index (χ0v) is 9.54. The lowest BCUT2D eigenvalue weighted by atomic mass is 10.0. The Kier molecular flexibility index (Phi) is 4.46. The van der Waals surface area contributed by atoms with Gasteiger partial charge in [-0.1, -0.05) is 0 Å². The maximum atomic E-state index is 13.0. The van der Waals surface area contributed by atoms with Crippen molar-refractivity contribution in [1.29, 1.82) is 0 Å². The lowest BCUT2D eigenvalue weighted by molar-refractivity contribution is -0.386. The van der Waals surface area contributed by atoms with Crippen molar-refractivity contribution < 1.29 is 33.4 Å². The van der Waals surface area contributed by atoms with E-state index in [9.17, 15) is 33.9 Å². The molecule has 2 N–H and O–H groups in total. The van der Waals surface area contributed by atoms with Gasteiger partial charge < -0.3 is 14.9 Å². The highest BCUT2D eigenvalue weighted by Crippen LogP contribution is 2.29. The monoisotopic (exact) mass is 277 g/mol. The van der Waals surface area contributed by atoms with Crippen LogP contribution in [0.1, 0.15) is 11.7 Å². The van der Waals surface area contributed by atoms with Crippen molar-refractivity contribution >= 4 is 11.7 Å². The van der Waals surface area contributed by atoms with Crippen molar-refractivity contribution in [3.63, 3.8) is 0 Å². The van der Waals surface area contributed by atoms with E-state index >= 15 is 0 Å². The van der Waals surface area contributed by atoms with Crippen LogP contribution < -0.4 is 0 Å². The number of halogens is 2. The maximum Gasteiger partial charge on any atom is 0.337 e. The summed E-state index contributed by atoms with van der Waals surface area (Å²) in [4.78, 5) is 20.6. The van der Waals surface area contributed by atoms with Gasteiger partial charge in [0.1, 0.15) is 6.10 Å². The Bertz CT molecular complexity index is 521. The third kappa shape index (κ3) is 3.01. The summed E-state index contributed by atoms with van der Waals surface area (Å²) in [6.07, 6.45) is -4.28. The van der Waals surface area contributed by atoms with Gasteiger partial charge in [0.2, 0.25) is 0 Å². The Morgan fingerprint density at radius 2 is 1.89 bits per heavy atom. The predicted octanol–water partition coefficient (Wildman–Crippen LogP) is 0.440. The number of hydrogen-bond acceptors (Lipinski definition) is 6. The fourth-order valence-corrected chi connectivity index (χ4v) is 1.37. The van der Waals surface area contributed by atoms with E-state index in [4.69, 9.17) is 0 Å². The van der Waals surface area contributed by atoms with E-state index in [1.165, 1.54) is 0 Å². The first-order valence-electron chi connectivity index (χ1n) is 4.86. The average molecular weight is 277 g/mol. The molecule has 1 aromatic carbocycles. The number of hydrogen-bond donors (Lipinski definition) is 2. The SMILES string of the molecule is COC(=O)C(O)C(O)c1cc(F)c(F)cc1[N+](=O)[O-]. The fourth-order valence-electron chi connectivity index (χ4n) is 1.37. The van der Waals surface area contributed by atoms with Crippen molar-refractivity contribution in [2.24, 2.45) is 0 Å². The van der Waals surface area contributed by atoms with Crippen molar-refractivity contribution in [2.45, 2.75) is 12.2 Å². The second-order valence-electron chi connectivity index (χ2n) is 3.50. The third-order valence-corrected chi connectivity index (χ3v) is 2.33. The molecular formula is C10H9F2NO6. The number of aliphatic hydroxyl groups is 2. The molecule has 0 aromatic heterocycles. The average Bonchev–Trinajstić information content (AvgIpc) is 2.38. The summed E-state index contributed by atoms with van der Waals surface area (Å²) in [5.74, 6) is -4.22. The third-order valence-electron chi connectivity index (χ3n) is 2.33. The predicted molar refractivity (Wildman–Crippen MR) is 56.0 cm³/mol. The zero-order valence-electron chi connectivity index (χ0n) is 9.54. The van der Waals surface area contributed by atoms with Gasteiger partial charge in [-0.15, -0.1) is 0 Å². The zero-order chi connectivity index (χ0) is 14.7. The number of aliphatic hydroxyl groups excluding tert-OH is 2. The molecule has 0 radical (unpaired) electrons. The maximum absolute atomic E-state index is 13.0. The van der Waals surface area contributed by atoms with Crippen molar-refractivity contribution in [3.8, 4) is 0 Å². The molecule has 0 saturated heterocycles. The first-order valence-corrected chi connectivity index (χ1v) is 4.86. The molecule has 0 amide bonds.